The summed E-state index contributed by atoms with van der Waals surface area (Å²) < 4.78 is 19.0. The molecule has 94 valence electrons. The van der Waals surface area contributed by atoms with Crippen LogP contribution in [0.4, 0.5) is 10.1 Å². The van der Waals surface area contributed by atoms with Gasteiger partial charge in [0.2, 0.25) is 0 Å². The number of nitrogens with zero attached hydrogens (tertiary/aromatic N) is 2. The van der Waals surface area contributed by atoms with Crippen molar-refractivity contribution in [3.63, 3.8) is 0 Å². The Morgan fingerprint density at radius 3 is 3.00 bits per heavy atom. The van der Waals surface area contributed by atoms with Crippen molar-refractivity contribution in [2.75, 3.05) is 12.0 Å². The summed E-state index contributed by atoms with van der Waals surface area (Å²) in [6, 6.07) is 3.74. The molecule has 0 aliphatic carbocycles. The van der Waals surface area contributed by atoms with Crippen molar-refractivity contribution in [1.29, 1.82) is 0 Å². The Balaban J connectivity index is 0.00000144. The van der Waals surface area contributed by atoms with Crippen LogP contribution in [-0.4, -0.2) is 16.5 Å². The van der Waals surface area contributed by atoms with Crippen molar-refractivity contribution >= 4 is 18.1 Å². The molecule has 0 aliphatic heterocycles. The third-order valence-electron chi connectivity index (χ3n) is 2.43. The highest BCUT2D eigenvalue weighted by Crippen LogP contribution is 2.14. The lowest BCUT2D eigenvalue weighted by molar-refractivity contribution is 0.423. The zero-order valence-electron chi connectivity index (χ0n) is 9.52. The Labute approximate surface area is 105 Å². The van der Waals surface area contributed by atoms with Crippen molar-refractivity contribution in [3.05, 3.63) is 36.0 Å². The summed E-state index contributed by atoms with van der Waals surface area (Å²) in [5.74, 6) is 0.859. The van der Waals surface area contributed by atoms with E-state index in [2.05, 4.69) is 10.4 Å². The van der Waals surface area contributed by atoms with E-state index in [1.54, 1.807) is 17.1 Å². The molecule has 0 saturated heterocycles. The van der Waals surface area contributed by atoms with Crippen LogP contribution in [-0.2, 0) is 13.1 Å². The molecule has 2 aromatic rings. The van der Waals surface area contributed by atoms with Gasteiger partial charge in [-0.3, -0.25) is 4.68 Å². The van der Waals surface area contributed by atoms with Crippen molar-refractivity contribution in [2.24, 2.45) is 0 Å². The van der Waals surface area contributed by atoms with Crippen molar-refractivity contribution in [2.45, 2.75) is 20.0 Å². The molecule has 0 aliphatic rings. The molecule has 0 saturated carbocycles. The average Bonchev–Trinajstić information content (AvgIpc) is 2.89. The van der Waals surface area contributed by atoms with Gasteiger partial charge in [0.15, 0.2) is 0 Å². The highest BCUT2D eigenvalue weighted by Gasteiger charge is 2.05. The van der Waals surface area contributed by atoms with E-state index in [0.29, 0.717) is 13.1 Å². The standard InChI is InChI=1S/C11H14FN3O.ClH/c1-9-11(8-14-15(9)5-4-12)13-7-10-3-2-6-16-10;/h2-3,6,8,13H,4-5,7H2,1H3;1H. The molecular formula is C11H15ClFN3O. The Morgan fingerprint density at radius 1 is 1.53 bits per heavy atom. The maximum absolute atomic E-state index is 12.2. The molecule has 0 atom stereocenters. The highest BCUT2D eigenvalue weighted by molar-refractivity contribution is 5.85. The summed E-state index contributed by atoms with van der Waals surface area (Å²) in [4.78, 5) is 0. The van der Waals surface area contributed by atoms with Gasteiger partial charge in [-0.1, -0.05) is 0 Å². The fourth-order valence-electron chi connectivity index (χ4n) is 1.52. The van der Waals surface area contributed by atoms with Gasteiger partial charge in [-0.2, -0.15) is 5.10 Å². The minimum Gasteiger partial charge on any atom is -0.467 e. The van der Waals surface area contributed by atoms with Crippen LogP contribution < -0.4 is 5.32 Å². The molecule has 6 heteroatoms. The number of nitrogens with one attached hydrogen (secondary N) is 1. The average molecular weight is 260 g/mol. The van der Waals surface area contributed by atoms with E-state index >= 15 is 0 Å². The lowest BCUT2D eigenvalue weighted by Crippen LogP contribution is -2.05. The first-order chi connectivity index (χ1) is 7.81. The van der Waals surface area contributed by atoms with Crippen molar-refractivity contribution in [3.8, 4) is 0 Å². The topological polar surface area (TPSA) is 43.0 Å². The molecule has 2 rings (SSSR count). The smallest absolute Gasteiger partial charge is 0.122 e. The Bertz CT molecular complexity index is 442. The summed E-state index contributed by atoms with van der Waals surface area (Å²) in [5, 5.41) is 7.28. The lowest BCUT2D eigenvalue weighted by Gasteiger charge is -2.04. The second kappa shape index (κ2) is 6.30. The molecule has 0 amide bonds. The number of furan rings is 1. The molecule has 0 spiro atoms. The molecule has 17 heavy (non-hydrogen) atoms. The highest BCUT2D eigenvalue weighted by atomic mass is 35.5. The molecule has 4 nitrogen and oxygen atoms in total. The Morgan fingerprint density at radius 2 is 2.35 bits per heavy atom. The van der Waals surface area contributed by atoms with Gasteiger partial charge >= 0.3 is 0 Å². The molecule has 1 N–H and O–H groups in total. The van der Waals surface area contributed by atoms with Crippen LogP contribution in [0.25, 0.3) is 0 Å². The Kier molecular flexibility index (Phi) is 5.03. The first kappa shape index (κ1) is 13.6. The van der Waals surface area contributed by atoms with Crippen LogP contribution in [0, 0.1) is 6.92 Å². The van der Waals surface area contributed by atoms with E-state index in [9.17, 15) is 4.39 Å². The predicted molar refractivity (Wildman–Crippen MR) is 66.2 cm³/mol. The van der Waals surface area contributed by atoms with Gasteiger partial charge in [0, 0.05) is 0 Å². The third-order valence-corrected chi connectivity index (χ3v) is 2.43. The van der Waals surface area contributed by atoms with Crippen LogP contribution in [0.5, 0.6) is 0 Å². The number of alkyl halides is 1. The van der Waals surface area contributed by atoms with E-state index in [1.807, 2.05) is 19.1 Å². The molecule has 2 heterocycles. The molecule has 0 unspecified atom stereocenters. The molecule has 2 aromatic heterocycles. The summed E-state index contributed by atoms with van der Waals surface area (Å²) >= 11 is 0. The van der Waals surface area contributed by atoms with E-state index in [-0.39, 0.29) is 12.4 Å². The van der Waals surface area contributed by atoms with Gasteiger partial charge in [0.25, 0.3) is 0 Å². The van der Waals surface area contributed by atoms with Gasteiger partial charge in [0.05, 0.1) is 36.9 Å². The third kappa shape index (κ3) is 3.23. The van der Waals surface area contributed by atoms with Crippen molar-refractivity contribution in [1.82, 2.24) is 9.78 Å². The van der Waals surface area contributed by atoms with E-state index in [4.69, 9.17) is 4.42 Å². The first-order valence-electron chi connectivity index (χ1n) is 5.16. The van der Waals surface area contributed by atoms with E-state index in [1.165, 1.54) is 0 Å². The zero-order valence-corrected chi connectivity index (χ0v) is 10.3. The van der Waals surface area contributed by atoms with Crippen molar-refractivity contribution < 1.29 is 8.81 Å². The zero-order chi connectivity index (χ0) is 11.4. The predicted octanol–water partition coefficient (Wildman–Crippen LogP) is 2.79. The molecular weight excluding hydrogens is 245 g/mol. The van der Waals surface area contributed by atoms with Crippen LogP contribution in [0.3, 0.4) is 0 Å². The number of hydrogen-bond acceptors (Lipinski definition) is 3. The van der Waals surface area contributed by atoms with Gasteiger partial charge in [-0.05, 0) is 19.1 Å². The minimum atomic E-state index is -0.403. The Hall–Kier alpha value is -1.49. The minimum absolute atomic E-state index is 0. The number of rotatable bonds is 5. The van der Waals surface area contributed by atoms with Crippen LogP contribution in [0.2, 0.25) is 0 Å². The number of aryl methyl sites for hydroxylation is 1. The van der Waals surface area contributed by atoms with Crippen LogP contribution in [0.15, 0.2) is 29.0 Å². The number of aromatic nitrogens is 2. The van der Waals surface area contributed by atoms with Crippen LogP contribution >= 0.6 is 12.4 Å². The quantitative estimate of drug-likeness (QED) is 0.898. The van der Waals surface area contributed by atoms with E-state index < -0.39 is 6.67 Å². The van der Waals surface area contributed by atoms with Gasteiger partial charge < -0.3 is 9.73 Å². The number of hydrogen-bond donors (Lipinski definition) is 1. The second-order valence-corrected chi connectivity index (χ2v) is 3.49. The molecule has 0 bridgehead atoms. The summed E-state index contributed by atoms with van der Waals surface area (Å²) in [6.07, 6.45) is 3.34. The number of anilines is 1. The molecule has 0 aromatic carbocycles. The SMILES string of the molecule is Cc1c(NCc2ccco2)cnn1CCF.Cl. The summed E-state index contributed by atoms with van der Waals surface area (Å²) in [5.41, 5.74) is 1.84. The lowest BCUT2D eigenvalue weighted by atomic mass is 10.3. The fraction of sp³-hybridized carbons (Fsp3) is 0.364. The summed E-state index contributed by atoms with van der Waals surface area (Å²) in [7, 11) is 0. The van der Waals surface area contributed by atoms with Gasteiger partial charge in [-0.15, -0.1) is 12.4 Å². The van der Waals surface area contributed by atoms with Gasteiger partial charge in [0.1, 0.15) is 12.4 Å². The number of halogens is 2. The second-order valence-electron chi connectivity index (χ2n) is 3.49. The van der Waals surface area contributed by atoms with Gasteiger partial charge in [-0.25, -0.2) is 4.39 Å². The fourth-order valence-corrected chi connectivity index (χ4v) is 1.52. The van der Waals surface area contributed by atoms with E-state index in [0.717, 1.165) is 17.1 Å². The molecule has 0 radical (unpaired) electrons. The largest absolute Gasteiger partial charge is 0.467 e. The normalized spacial score (nSPS) is 10.0. The maximum Gasteiger partial charge on any atom is 0.122 e. The first-order valence-corrected chi connectivity index (χ1v) is 5.16. The maximum atomic E-state index is 12.2. The monoisotopic (exact) mass is 259 g/mol. The van der Waals surface area contributed by atoms with Crippen LogP contribution in [0.1, 0.15) is 11.5 Å². The summed E-state index contributed by atoms with van der Waals surface area (Å²) in [6.45, 7) is 2.41. The molecule has 0 fully saturated rings.